The summed E-state index contributed by atoms with van der Waals surface area (Å²) in [5, 5.41) is 13.7. The smallest absolute Gasteiger partial charge is 0.251 e. The normalized spacial score (nSPS) is 10.0. The molecule has 1 amide bonds. The van der Waals surface area contributed by atoms with Crippen LogP contribution in [0.5, 0.6) is 0 Å². The van der Waals surface area contributed by atoms with Gasteiger partial charge >= 0.3 is 0 Å². The maximum Gasteiger partial charge on any atom is 0.251 e. The Morgan fingerprint density at radius 2 is 2.04 bits per heavy atom. The number of rotatable bonds is 4. The van der Waals surface area contributed by atoms with Crippen LogP contribution in [0.2, 0.25) is 0 Å². The van der Waals surface area contributed by atoms with Crippen molar-refractivity contribution < 1.29 is 4.79 Å². The summed E-state index contributed by atoms with van der Waals surface area (Å²) in [6.07, 6.45) is 1.75. The Bertz CT molecular complexity index is 849. The van der Waals surface area contributed by atoms with E-state index in [-0.39, 0.29) is 5.91 Å². The predicted octanol–water partition coefficient (Wildman–Crippen LogP) is 3.61. The number of thiophene rings is 1. The van der Waals surface area contributed by atoms with E-state index in [0.717, 1.165) is 16.1 Å². The molecule has 1 N–H and O–H groups in total. The molecular formula is C18H13N3OS. The Morgan fingerprint density at radius 1 is 1.22 bits per heavy atom. The van der Waals surface area contributed by atoms with Crippen molar-refractivity contribution in [3.63, 3.8) is 0 Å². The van der Waals surface area contributed by atoms with Gasteiger partial charge in [-0.2, -0.15) is 5.26 Å². The number of benzene rings is 1. The van der Waals surface area contributed by atoms with Gasteiger partial charge in [-0.3, -0.25) is 9.78 Å². The van der Waals surface area contributed by atoms with Crippen molar-refractivity contribution in [2.45, 2.75) is 6.54 Å². The lowest BCUT2D eigenvalue weighted by Crippen LogP contribution is -2.22. The third-order valence-corrected chi connectivity index (χ3v) is 4.22. The minimum Gasteiger partial charge on any atom is -0.348 e. The predicted molar refractivity (Wildman–Crippen MR) is 89.9 cm³/mol. The van der Waals surface area contributed by atoms with Gasteiger partial charge in [0.1, 0.15) is 0 Å². The summed E-state index contributed by atoms with van der Waals surface area (Å²) in [4.78, 5) is 17.6. The molecule has 5 heteroatoms. The quantitative estimate of drug-likeness (QED) is 0.799. The van der Waals surface area contributed by atoms with E-state index < -0.39 is 0 Å². The van der Waals surface area contributed by atoms with Gasteiger partial charge in [0, 0.05) is 18.3 Å². The fourth-order valence-electron chi connectivity index (χ4n) is 2.12. The van der Waals surface area contributed by atoms with E-state index in [1.807, 2.05) is 35.7 Å². The van der Waals surface area contributed by atoms with Crippen molar-refractivity contribution in [2.24, 2.45) is 0 Å². The first-order chi connectivity index (χ1) is 11.3. The molecule has 0 saturated carbocycles. The molecule has 23 heavy (non-hydrogen) atoms. The SMILES string of the molecule is N#Cc1ccc(C(=O)NCc2ccnc(-c3cccs3)c2)cc1. The van der Waals surface area contributed by atoms with Crippen molar-refractivity contribution in [3.8, 4) is 16.6 Å². The summed E-state index contributed by atoms with van der Waals surface area (Å²) in [7, 11) is 0. The zero-order valence-corrected chi connectivity index (χ0v) is 13.0. The molecule has 0 unspecified atom stereocenters. The molecule has 0 bridgehead atoms. The van der Waals surface area contributed by atoms with E-state index in [2.05, 4.69) is 10.3 Å². The van der Waals surface area contributed by atoms with Gasteiger partial charge in [-0.25, -0.2) is 0 Å². The molecule has 0 radical (unpaired) electrons. The average Bonchev–Trinajstić information content (AvgIpc) is 3.15. The molecule has 0 fully saturated rings. The summed E-state index contributed by atoms with van der Waals surface area (Å²) in [6, 6.07) is 16.5. The molecule has 4 nitrogen and oxygen atoms in total. The van der Waals surface area contributed by atoms with Crippen LogP contribution < -0.4 is 5.32 Å². The Balaban J connectivity index is 1.67. The van der Waals surface area contributed by atoms with E-state index in [0.29, 0.717) is 17.7 Å². The van der Waals surface area contributed by atoms with Crippen LogP contribution in [0.4, 0.5) is 0 Å². The Morgan fingerprint density at radius 3 is 2.74 bits per heavy atom. The minimum atomic E-state index is -0.163. The van der Waals surface area contributed by atoms with Crippen LogP contribution in [-0.2, 0) is 6.54 Å². The zero-order valence-electron chi connectivity index (χ0n) is 12.2. The van der Waals surface area contributed by atoms with Crippen LogP contribution >= 0.6 is 11.3 Å². The number of aromatic nitrogens is 1. The second-order valence-electron chi connectivity index (χ2n) is 4.90. The number of hydrogen-bond acceptors (Lipinski definition) is 4. The molecule has 0 saturated heterocycles. The van der Waals surface area contributed by atoms with Crippen molar-refractivity contribution in [1.29, 1.82) is 5.26 Å². The highest BCUT2D eigenvalue weighted by Gasteiger charge is 2.06. The topological polar surface area (TPSA) is 65.8 Å². The van der Waals surface area contributed by atoms with Crippen LogP contribution in [0.3, 0.4) is 0 Å². The first kappa shape index (κ1) is 14.9. The molecule has 0 spiro atoms. The molecule has 1 aromatic carbocycles. The van der Waals surface area contributed by atoms with E-state index >= 15 is 0 Å². The third kappa shape index (κ3) is 3.62. The van der Waals surface area contributed by atoms with E-state index in [4.69, 9.17) is 5.26 Å². The summed E-state index contributed by atoms with van der Waals surface area (Å²) in [5.41, 5.74) is 2.98. The average molecular weight is 319 g/mol. The second kappa shape index (κ2) is 6.86. The molecule has 3 aromatic rings. The van der Waals surface area contributed by atoms with Gasteiger partial charge in [-0.1, -0.05) is 6.07 Å². The Labute approximate surface area is 138 Å². The molecule has 0 atom stereocenters. The maximum atomic E-state index is 12.1. The fourth-order valence-corrected chi connectivity index (χ4v) is 2.82. The van der Waals surface area contributed by atoms with Crippen molar-refractivity contribution in [3.05, 3.63) is 76.8 Å². The highest BCUT2D eigenvalue weighted by Crippen LogP contribution is 2.22. The highest BCUT2D eigenvalue weighted by molar-refractivity contribution is 7.13. The number of pyridine rings is 1. The zero-order chi connectivity index (χ0) is 16.1. The number of nitrogens with zero attached hydrogens (tertiary/aromatic N) is 2. The molecule has 2 aromatic heterocycles. The van der Waals surface area contributed by atoms with Gasteiger partial charge in [0.25, 0.3) is 5.91 Å². The summed E-state index contributed by atoms with van der Waals surface area (Å²) in [5.74, 6) is -0.163. The largest absolute Gasteiger partial charge is 0.348 e. The van der Waals surface area contributed by atoms with Crippen molar-refractivity contribution in [1.82, 2.24) is 10.3 Å². The lowest BCUT2D eigenvalue weighted by Gasteiger charge is -2.06. The summed E-state index contributed by atoms with van der Waals surface area (Å²) < 4.78 is 0. The van der Waals surface area contributed by atoms with Gasteiger partial charge in [0.05, 0.1) is 22.2 Å². The Hall–Kier alpha value is -2.97. The van der Waals surface area contributed by atoms with Crippen molar-refractivity contribution >= 4 is 17.2 Å². The number of nitrogens with one attached hydrogen (secondary N) is 1. The molecular weight excluding hydrogens is 306 g/mol. The Kier molecular flexibility index (Phi) is 4.46. The number of nitriles is 1. The van der Waals surface area contributed by atoms with E-state index in [9.17, 15) is 4.79 Å². The van der Waals surface area contributed by atoms with Crippen LogP contribution in [0.25, 0.3) is 10.6 Å². The van der Waals surface area contributed by atoms with Gasteiger partial charge < -0.3 is 5.32 Å². The molecule has 2 heterocycles. The summed E-state index contributed by atoms with van der Waals surface area (Å²) >= 11 is 1.63. The molecule has 0 aliphatic carbocycles. The first-order valence-corrected chi connectivity index (χ1v) is 7.91. The van der Waals surface area contributed by atoms with Crippen LogP contribution in [0.1, 0.15) is 21.5 Å². The number of carbonyl (C=O) groups is 1. The molecule has 3 rings (SSSR count). The number of amides is 1. The molecule has 0 aliphatic heterocycles. The fraction of sp³-hybridized carbons (Fsp3) is 0.0556. The molecule has 112 valence electrons. The van der Waals surface area contributed by atoms with Crippen LogP contribution in [-0.4, -0.2) is 10.9 Å². The third-order valence-electron chi connectivity index (χ3n) is 3.33. The van der Waals surface area contributed by atoms with Gasteiger partial charge in [0.15, 0.2) is 0 Å². The van der Waals surface area contributed by atoms with Crippen LogP contribution in [0.15, 0.2) is 60.1 Å². The number of hydrogen-bond donors (Lipinski definition) is 1. The lowest BCUT2D eigenvalue weighted by molar-refractivity contribution is 0.0951. The highest BCUT2D eigenvalue weighted by atomic mass is 32.1. The number of carbonyl (C=O) groups excluding carboxylic acids is 1. The monoisotopic (exact) mass is 319 g/mol. The standard InChI is InChI=1S/C18H13N3OS/c19-11-13-3-5-15(6-4-13)18(22)21-12-14-7-8-20-16(10-14)17-2-1-9-23-17/h1-10H,12H2,(H,21,22). The van der Waals surface area contributed by atoms with E-state index in [1.165, 1.54) is 0 Å². The second-order valence-corrected chi connectivity index (χ2v) is 5.85. The maximum absolute atomic E-state index is 12.1. The lowest BCUT2D eigenvalue weighted by atomic mass is 10.1. The van der Waals surface area contributed by atoms with Gasteiger partial charge in [0.2, 0.25) is 0 Å². The van der Waals surface area contributed by atoms with E-state index in [1.54, 1.807) is 41.8 Å². The minimum absolute atomic E-state index is 0.163. The first-order valence-electron chi connectivity index (χ1n) is 7.03. The van der Waals surface area contributed by atoms with Crippen LogP contribution in [0, 0.1) is 11.3 Å². The van der Waals surface area contributed by atoms with Crippen molar-refractivity contribution in [2.75, 3.05) is 0 Å². The molecule has 0 aliphatic rings. The van der Waals surface area contributed by atoms with Gasteiger partial charge in [-0.15, -0.1) is 11.3 Å². The van der Waals surface area contributed by atoms with Gasteiger partial charge in [-0.05, 0) is 53.4 Å². The summed E-state index contributed by atoms with van der Waals surface area (Å²) in [6.45, 7) is 0.430.